The summed E-state index contributed by atoms with van der Waals surface area (Å²) in [5.41, 5.74) is 4.88. The molecule has 0 saturated carbocycles. The van der Waals surface area contributed by atoms with Crippen molar-refractivity contribution in [1.82, 2.24) is 0 Å². The Morgan fingerprint density at radius 1 is 2.33 bits per heavy atom. The van der Waals surface area contributed by atoms with Crippen LogP contribution in [0.15, 0.2) is 5.16 Å². The van der Waals surface area contributed by atoms with E-state index in [2.05, 4.69) is 5.16 Å². The highest BCUT2D eigenvalue weighted by atomic mass is 16.4. The molecule has 0 atom stereocenters. The zero-order chi connectivity index (χ0) is 6.78. The predicted molar refractivity (Wildman–Crippen MR) is 23.7 cm³/mol. The van der Waals surface area contributed by atoms with E-state index in [4.69, 9.17) is 13.7 Å². The molecular weight excluding hydrogens is 80.0 g/mol. The Balaban J connectivity index is 4.03. The second kappa shape index (κ2) is 2.50. The maximum atomic E-state index is 7.89. The number of oxime groups is 1. The molecule has 0 heterocycles. The van der Waals surface area contributed by atoms with Crippen molar-refractivity contribution in [3.63, 3.8) is 0 Å². The molecule has 36 valence electrons. The van der Waals surface area contributed by atoms with Crippen molar-refractivity contribution in [2.45, 2.75) is 13.3 Å². The Morgan fingerprint density at radius 2 is 2.83 bits per heavy atom. The molecule has 3 heteroatoms. The highest BCUT2D eigenvalue weighted by Crippen LogP contribution is 1.70. The monoisotopic (exact) mass is 90.1 g/mol. The van der Waals surface area contributed by atoms with Crippen LogP contribution in [0.4, 0.5) is 0 Å². The van der Waals surface area contributed by atoms with Crippen molar-refractivity contribution in [3.8, 4) is 0 Å². The minimum atomic E-state index is -1.71. The molecule has 0 rings (SSSR count). The van der Waals surface area contributed by atoms with Gasteiger partial charge in [-0.05, 0) is 0 Å². The smallest absolute Gasteiger partial charge is 0.138 e. The van der Waals surface area contributed by atoms with E-state index in [0.29, 0.717) is 0 Å². The van der Waals surface area contributed by atoms with Gasteiger partial charge in [0.15, 0.2) is 0 Å². The summed E-state index contributed by atoms with van der Waals surface area (Å²) >= 11 is 0. The van der Waals surface area contributed by atoms with Crippen molar-refractivity contribution in [3.05, 3.63) is 0 Å². The largest absolute Gasteiger partial charge is 0.409 e. The normalized spacial score (nSPS) is 19.2. The lowest BCUT2D eigenvalue weighted by Gasteiger charge is -1.82. The van der Waals surface area contributed by atoms with E-state index in [1.807, 2.05) is 0 Å². The average Bonchev–Trinajstić information content (AvgIpc) is 1.62. The van der Waals surface area contributed by atoms with Crippen molar-refractivity contribution in [2.75, 3.05) is 0 Å². The van der Waals surface area contributed by atoms with E-state index in [-0.39, 0.29) is 0 Å². The van der Waals surface area contributed by atoms with Gasteiger partial charge in [-0.25, -0.2) is 0 Å². The van der Waals surface area contributed by atoms with E-state index in [1.165, 1.54) is 6.92 Å². The van der Waals surface area contributed by atoms with Crippen molar-refractivity contribution in [1.29, 1.82) is 0 Å². The summed E-state index contributed by atoms with van der Waals surface area (Å²) in [4.78, 5) is 0. The quantitative estimate of drug-likeness (QED) is 0.208. The molecular formula is C3H8N2O. The second-order valence-corrected chi connectivity index (χ2v) is 0.735. The third-order valence-electron chi connectivity index (χ3n) is 0.364. The van der Waals surface area contributed by atoms with E-state index < -0.39 is 12.2 Å². The predicted octanol–water partition coefficient (Wildman–Crippen LogP) is 0.143. The summed E-state index contributed by atoms with van der Waals surface area (Å²) in [5.74, 6) is -0.405. The summed E-state index contributed by atoms with van der Waals surface area (Å²) in [6.07, 6.45) is -1.71. The Bertz CT molecular complexity index is 106. The van der Waals surface area contributed by atoms with E-state index in [1.54, 1.807) is 0 Å². The molecule has 0 bridgehead atoms. The van der Waals surface area contributed by atoms with Crippen LogP contribution in [0.5, 0.6) is 0 Å². The first kappa shape index (κ1) is 2.44. The molecule has 0 unspecified atom stereocenters. The number of nitrogens with two attached hydrogens (primary N) is 1. The fourth-order valence-corrected chi connectivity index (χ4v) is 0.0500. The lowest BCUT2D eigenvalue weighted by Crippen LogP contribution is -2.08. The van der Waals surface area contributed by atoms with Crippen LogP contribution in [0.3, 0.4) is 0 Å². The number of hydrogen-bond donors (Lipinski definition) is 2. The second-order valence-electron chi connectivity index (χ2n) is 0.735. The molecule has 0 aromatic carbocycles. The van der Waals surface area contributed by atoms with Gasteiger partial charge < -0.3 is 10.9 Å². The summed E-state index contributed by atoms with van der Waals surface area (Å²) in [5, 5.41) is 10.4. The Kier molecular flexibility index (Phi) is 1.02. The minimum absolute atomic E-state index is 0.405. The fourth-order valence-electron chi connectivity index (χ4n) is 0.0500. The van der Waals surface area contributed by atoms with Gasteiger partial charge in [-0.2, -0.15) is 0 Å². The topological polar surface area (TPSA) is 58.6 Å². The molecule has 0 fully saturated rings. The number of hydrogen-bond acceptors (Lipinski definition) is 2. The maximum Gasteiger partial charge on any atom is 0.138 e. The van der Waals surface area contributed by atoms with Gasteiger partial charge in [-0.3, -0.25) is 0 Å². The zero-order valence-corrected chi connectivity index (χ0v) is 3.47. The standard InChI is InChI=1S/C3H8N2O/c1-2-3(4)5-6/h6H,2H2,1H3,(H2,4,5)/i2D2. The Labute approximate surface area is 39.3 Å². The van der Waals surface area contributed by atoms with Crippen LogP contribution in [0.2, 0.25) is 0 Å². The summed E-state index contributed by atoms with van der Waals surface area (Å²) in [6, 6.07) is 0. The van der Waals surface area contributed by atoms with Crippen LogP contribution >= 0.6 is 0 Å². The minimum Gasteiger partial charge on any atom is -0.409 e. The number of rotatable bonds is 1. The van der Waals surface area contributed by atoms with E-state index in [0.717, 1.165) is 0 Å². The molecule has 3 nitrogen and oxygen atoms in total. The molecule has 3 N–H and O–H groups in total. The molecule has 0 aliphatic heterocycles. The zero-order valence-electron chi connectivity index (χ0n) is 5.47. The highest BCUT2D eigenvalue weighted by molar-refractivity contribution is 5.79. The van der Waals surface area contributed by atoms with Gasteiger partial charge in [0.2, 0.25) is 0 Å². The molecule has 0 aromatic rings. The van der Waals surface area contributed by atoms with Gasteiger partial charge in [-0.1, -0.05) is 12.1 Å². The van der Waals surface area contributed by atoms with Gasteiger partial charge >= 0.3 is 0 Å². The number of nitrogens with zero attached hydrogens (tertiary/aromatic N) is 1. The molecule has 0 aromatic heterocycles. The Hall–Kier alpha value is -0.730. The maximum absolute atomic E-state index is 7.89. The summed E-state index contributed by atoms with van der Waals surface area (Å²) in [7, 11) is 0. The van der Waals surface area contributed by atoms with Crippen LogP contribution in [-0.4, -0.2) is 11.0 Å². The Morgan fingerprint density at radius 3 is 2.83 bits per heavy atom. The summed E-state index contributed by atoms with van der Waals surface area (Å²) in [6.45, 7) is 1.21. The van der Waals surface area contributed by atoms with Crippen LogP contribution in [0.1, 0.15) is 16.0 Å². The van der Waals surface area contributed by atoms with Crippen LogP contribution in [-0.2, 0) is 0 Å². The molecule has 0 amide bonds. The van der Waals surface area contributed by atoms with Crippen molar-refractivity contribution < 1.29 is 7.95 Å². The highest BCUT2D eigenvalue weighted by Gasteiger charge is 1.78. The number of amidine groups is 1. The van der Waals surface area contributed by atoms with Gasteiger partial charge in [-0.15, -0.1) is 0 Å². The lowest BCUT2D eigenvalue weighted by molar-refractivity contribution is 0.317. The average molecular weight is 90.1 g/mol. The van der Waals surface area contributed by atoms with Crippen molar-refractivity contribution >= 4 is 5.84 Å². The molecule has 0 saturated heterocycles. The third kappa shape index (κ3) is 1.58. The first-order chi connectivity index (χ1) is 3.48. The van der Waals surface area contributed by atoms with Crippen LogP contribution in [0.25, 0.3) is 0 Å². The van der Waals surface area contributed by atoms with Gasteiger partial charge in [0.05, 0.1) is 0 Å². The van der Waals surface area contributed by atoms with Crippen molar-refractivity contribution in [2.24, 2.45) is 10.9 Å². The molecule has 6 heavy (non-hydrogen) atoms. The van der Waals surface area contributed by atoms with Gasteiger partial charge in [0, 0.05) is 9.11 Å². The van der Waals surface area contributed by atoms with E-state index in [9.17, 15) is 0 Å². The first-order valence-electron chi connectivity index (χ1n) is 2.46. The van der Waals surface area contributed by atoms with Gasteiger partial charge in [0.1, 0.15) is 5.84 Å². The molecule has 0 spiro atoms. The molecule has 0 radical (unpaired) electrons. The molecule has 0 aliphatic rings. The van der Waals surface area contributed by atoms with E-state index >= 15 is 0 Å². The lowest BCUT2D eigenvalue weighted by atomic mass is 10.5. The van der Waals surface area contributed by atoms with Crippen LogP contribution < -0.4 is 5.73 Å². The third-order valence-corrected chi connectivity index (χ3v) is 0.364. The van der Waals surface area contributed by atoms with Crippen LogP contribution in [0, 0.1) is 0 Å². The SMILES string of the molecule is [2H]C([2H])(C)/C(N)=N/O. The summed E-state index contributed by atoms with van der Waals surface area (Å²) < 4.78 is 13.6. The fraction of sp³-hybridized carbons (Fsp3) is 0.667. The first-order valence-corrected chi connectivity index (χ1v) is 1.46. The van der Waals surface area contributed by atoms with Gasteiger partial charge in [0.25, 0.3) is 0 Å². The molecule has 0 aliphatic carbocycles.